The SMILES string of the molecule is CC1Cc2ccccc2N1c1cncc(C(=O)N2CCC3(CC2)OCCO3)c1. The number of anilines is 2. The van der Waals surface area contributed by atoms with Crippen LogP contribution in [0, 0.1) is 0 Å². The van der Waals surface area contributed by atoms with E-state index >= 15 is 0 Å². The van der Waals surface area contributed by atoms with E-state index in [2.05, 4.69) is 41.1 Å². The molecule has 1 aromatic carbocycles. The van der Waals surface area contributed by atoms with Gasteiger partial charge in [-0.2, -0.15) is 0 Å². The summed E-state index contributed by atoms with van der Waals surface area (Å²) < 4.78 is 11.5. The highest BCUT2D eigenvalue weighted by Crippen LogP contribution is 2.38. The number of carbonyl (C=O) groups is 1. The van der Waals surface area contributed by atoms with E-state index < -0.39 is 5.79 Å². The Morgan fingerprint density at radius 2 is 1.89 bits per heavy atom. The highest BCUT2D eigenvalue weighted by Gasteiger charge is 2.41. The second-order valence-electron chi connectivity index (χ2n) is 7.88. The van der Waals surface area contributed by atoms with Crippen molar-refractivity contribution in [2.75, 3.05) is 31.2 Å². The highest BCUT2D eigenvalue weighted by atomic mass is 16.7. The van der Waals surface area contributed by atoms with Crippen LogP contribution in [-0.2, 0) is 15.9 Å². The molecule has 1 spiro atoms. The first-order chi connectivity index (χ1) is 13.7. The summed E-state index contributed by atoms with van der Waals surface area (Å²) in [4.78, 5) is 21.6. The minimum atomic E-state index is -0.467. The van der Waals surface area contributed by atoms with E-state index in [1.54, 1.807) is 6.20 Å². The number of hydrogen-bond donors (Lipinski definition) is 0. The molecule has 28 heavy (non-hydrogen) atoms. The Bertz CT molecular complexity index is 884. The van der Waals surface area contributed by atoms with E-state index in [4.69, 9.17) is 9.47 Å². The van der Waals surface area contributed by atoms with Crippen molar-refractivity contribution in [3.8, 4) is 0 Å². The molecule has 1 atom stereocenters. The maximum atomic E-state index is 13.1. The molecule has 2 aromatic rings. The molecule has 4 heterocycles. The average molecular weight is 379 g/mol. The Hall–Kier alpha value is -2.44. The van der Waals surface area contributed by atoms with Gasteiger partial charge in [-0.05, 0) is 31.0 Å². The standard InChI is InChI=1S/C22H25N3O3/c1-16-12-17-4-2-3-5-20(17)25(16)19-13-18(14-23-15-19)21(26)24-8-6-22(7-9-24)27-10-11-28-22/h2-5,13-16H,6-12H2,1H3. The number of rotatable bonds is 2. The lowest BCUT2D eigenvalue weighted by Crippen LogP contribution is -2.47. The van der Waals surface area contributed by atoms with E-state index in [-0.39, 0.29) is 5.91 Å². The zero-order valence-corrected chi connectivity index (χ0v) is 16.1. The van der Waals surface area contributed by atoms with Crippen LogP contribution in [0.2, 0.25) is 0 Å². The topological polar surface area (TPSA) is 54.9 Å². The van der Waals surface area contributed by atoms with Crippen LogP contribution in [0.3, 0.4) is 0 Å². The van der Waals surface area contributed by atoms with Crippen molar-refractivity contribution >= 4 is 17.3 Å². The van der Waals surface area contributed by atoms with Crippen molar-refractivity contribution < 1.29 is 14.3 Å². The number of fused-ring (bicyclic) bond motifs is 1. The summed E-state index contributed by atoms with van der Waals surface area (Å²) >= 11 is 0. The van der Waals surface area contributed by atoms with E-state index in [1.807, 2.05) is 17.2 Å². The summed E-state index contributed by atoms with van der Waals surface area (Å²) in [7, 11) is 0. The quantitative estimate of drug-likeness (QED) is 0.802. The van der Waals surface area contributed by atoms with Gasteiger partial charge < -0.3 is 19.3 Å². The van der Waals surface area contributed by atoms with Crippen molar-refractivity contribution in [2.45, 2.75) is 38.0 Å². The van der Waals surface area contributed by atoms with E-state index in [1.165, 1.54) is 11.3 Å². The molecule has 0 saturated carbocycles. The second kappa shape index (κ2) is 6.87. The van der Waals surface area contributed by atoms with Crippen LogP contribution in [0.25, 0.3) is 0 Å². The number of aromatic nitrogens is 1. The van der Waals surface area contributed by atoms with Crippen LogP contribution in [-0.4, -0.2) is 53.9 Å². The van der Waals surface area contributed by atoms with Crippen molar-refractivity contribution in [3.63, 3.8) is 0 Å². The Balaban J connectivity index is 1.36. The fourth-order valence-electron chi connectivity index (χ4n) is 4.65. The van der Waals surface area contributed by atoms with Crippen LogP contribution in [0.1, 0.15) is 35.7 Å². The van der Waals surface area contributed by atoms with Gasteiger partial charge in [0.05, 0.1) is 30.7 Å². The zero-order valence-electron chi connectivity index (χ0n) is 16.1. The van der Waals surface area contributed by atoms with Gasteiger partial charge in [-0.3, -0.25) is 9.78 Å². The van der Waals surface area contributed by atoms with Crippen molar-refractivity contribution in [2.24, 2.45) is 0 Å². The number of carbonyl (C=O) groups excluding carboxylic acids is 1. The first-order valence-electron chi connectivity index (χ1n) is 10.0. The molecule has 2 fully saturated rings. The molecule has 1 amide bonds. The first kappa shape index (κ1) is 17.6. The molecule has 3 aliphatic rings. The molecule has 1 aromatic heterocycles. The van der Waals surface area contributed by atoms with E-state index in [9.17, 15) is 4.79 Å². The molecule has 2 saturated heterocycles. The van der Waals surface area contributed by atoms with Gasteiger partial charge in [0.1, 0.15) is 0 Å². The first-order valence-corrected chi connectivity index (χ1v) is 10.0. The lowest BCUT2D eigenvalue weighted by molar-refractivity contribution is -0.181. The second-order valence-corrected chi connectivity index (χ2v) is 7.88. The predicted molar refractivity (Wildman–Crippen MR) is 106 cm³/mol. The molecule has 5 rings (SSSR count). The van der Waals surface area contributed by atoms with Crippen LogP contribution < -0.4 is 4.90 Å². The molecule has 0 aliphatic carbocycles. The number of amides is 1. The van der Waals surface area contributed by atoms with Crippen molar-refractivity contribution in [1.29, 1.82) is 0 Å². The van der Waals surface area contributed by atoms with Gasteiger partial charge in [0.2, 0.25) is 0 Å². The summed E-state index contributed by atoms with van der Waals surface area (Å²) in [5.74, 6) is -0.437. The monoisotopic (exact) mass is 379 g/mol. The normalized spacial score (nSPS) is 23.2. The Kier molecular flexibility index (Phi) is 4.33. The number of hydrogen-bond acceptors (Lipinski definition) is 5. The summed E-state index contributed by atoms with van der Waals surface area (Å²) in [6.45, 7) is 4.79. The Morgan fingerprint density at radius 1 is 1.14 bits per heavy atom. The van der Waals surface area contributed by atoms with Gasteiger partial charge in [-0.15, -0.1) is 0 Å². The molecular formula is C22H25N3O3. The zero-order chi connectivity index (χ0) is 19.1. The Morgan fingerprint density at radius 3 is 2.68 bits per heavy atom. The minimum Gasteiger partial charge on any atom is -0.347 e. The summed E-state index contributed by atoms with van der Waals surface area (Å²) in [6.07, 6.45) is 5.97. The summed E-state index contributed by atoms with van der Waals surface area (Å²) in [5.41, 5.74) is 4.15. The fraction of sp³-hybridized carbons (Fsp3) is 0.455. The number of para-hydroxylation sites is 1. The predicted octanol–water partition coefficient (Wildman–Crippen LogP) is 3.14. The van der Waals surface area contributed by atoms with Crippen LogP contribution in [0.4, 0.5) is 11.4 Å². The molecule has 6 heteroatoms. The largest absolute Gasteiger partial charge is 0.347 e. The number of pyridine rings is 1. The van der Waals surface area contributed by atoms with E-state index in [0.717, 1.165) is 24.9 Å². The van der Waals surface area contributed by atoms with Gasteiger partial charge in [0.15, 0.2) is 5.79 Å². The minimum absolute atomic E-state index is 0.0299. The molecule has 146 valence electrons. The fourth-order valence-corrected chi connectivity index (χ4v) is 4.65. The molecular weight excluding hydrogens is 354 g/mol. The smallest absolute Gasteiger partial charge is 0.255 e. The molecule has 1 unspecified atom stereocenters. The summed E-state index contributed by atoms with van der Waals surface area (Å²) in [5, 5.41) is 0. The number of ether oxygens (including phenoxy) is 2. The van der Waals surface area contributed by atoms with Crippen LogP contribution in [0.5, 0.6) is 0 Å². The number of benzene rings is 1. The summed E-state index contributed by atoms with van der Waals surface area (Å²) in [6, 6.07) is 10.8. The van der Waals surface area contributed by atoms with Crippen LogP contribution >= 0.6 is 0 Å². The van der Waals surface area contributed by atoms with Gasteiger partial charge in [0.25, 0.3) is 5.91 Å². The van der Waals surface area contributed by atoms with Gasteiger partial charge >= 0.3 is 0 Å². The van der Waals surface area contributed by atoms with Crippen LogP contribution in [0.15, 0.2) is 42.7 Å². The lowest BCUT2D eigenvalue weighted by atomic mass is 10.0. The molecule has 0 radical (unpaired) electrons. The average Bonchev–Trinajstić information content (AvgIpc) is 3.31. The van der Waals surface area contributed by atoms with Gasteiger partial charge in [0, 0.05) is 43.9 Å². The maximum absolute atomic E-state index is 13.1. The van der Waals surface area contributed by atoms with Crippen molar-refractivity contribution in [1.82, 2.24) is 9.88 Å². The maximum Gasteiger partial charge on any atom is 0.255 e. The molecule has 3 aliphatic heterocycles. The molecule has 0 N–H and O–H groups in total. The molecule has 0 bridgehead atoms. The van der Waals surface area contributed by atoms with Crippen molar-refractivity contribution in [3.05, 3.63) is 53.9 Å². The lowest BCUT2D eigenvalue weighted by Gasteiger charge is -2.37. The third-order valence-electron chi connectivity index (χ3n) is 6.08. The Labute approximate surface area is 165 Å². The van der Waals surface area contributed by atoms with E-state index in [0.29, 0.717) is 37.9 Å². The number of likely N-dealkylation sites (tertiary alicyclic amines) is 1. The number of piperidine rings is 1. The molecule has 6 nitrogen and oxygen atoms in total. The van der Waals surface area contributed by atoms with Gasteiger partial charge in [-0.25, -0.2) is 0 Å². The number of nitrogens with zero attached hydrogens (tertiary/aromatic N) is 3. The third-order valence-corrected chi connectivity index (χ3v) is 6.08. The highest BCUT2D eigenvalue weighted by molar-refractivity contribution is 5.95. The van der Waals surface area contributed by atoms with Gasteiger partial charge in [-0.1, -0.05) is 18.2 Å². The third kappa shape index (κ3) is 2.97.